The molecule has 1 heterocycles. The Kier molecular flexibility index (Phi) is 8.87. The van der Waals surface area contributed by atoms with Crippen molar-refractivity contribution in [3.8, 4) is 55.6 Å². The second-order valence-corrected chi connectivity index (χ2v) is 15.2. The van der Waals surface area contributed by atoms with Crippen LogP contribution in [0.15, 0.2) is 241 Å². The zero-order valence-electron chi connectivity index (χ0n) is 32.9. The standard InChI is InChI=1S/C58H39NO/c1-3-16-42(17-4-1)49-23-9-10-24-51(49)57-50(44-18-5-2-6-19-44)27-14-28-53(57)59(54-29-15-31-56-58(54)52-25-11-12-30-55(52)60-56)46-38-36-41(37-39-46)40-32-34-45(35-33-40)48-26-13-21-43-20-7-8-22-47(43)48/h1-39H. The van der Waals surface area contributed by atoms with E-state index in [0.717, 1.165) is 66.8 Å². The van der Waals surface area contributed by atoms with Crippen molar-refractivity contribution in [3.63, 3.8) is 0 Å². The van der Waals surface area contributed by atoms with Gasteiger partial charge in [0.25, 0.3) is 0 Å². The molecular formula is C58H39NO. The molecule has 0 aliphatic rings. The van der Waals surface area contributed by atoms with E-state index in [1.807, 2.05) is 6.07 Å². The third kappa shape index (κ3) is 6.23. The summed E-state index contributed by atoms with van der Waals surface area (Å²) in [6.45, 7) is 0. The summed E-state index contributed by atoms with van der Waals surface area (Å²) < 4.78 is 6.52. The van der Waals surface area contributed by atoms with E-state index in [1.54, 1.807) is 0 Å². The first kappa shape index (κ1) is 35.2. The van der Waals surface area contributed by atoms with Crippen LogP contribution in [0.25, 0.3) is 88.3 Å². The Hall–Kier alpha value is -7.94. The van der Waals surface area contributed by atoms with Gasteiger partial charge in [0.05, 0.1) is 16.8 Å². The highest BCUT2D eigenvalue weighted by Gasteiger charge is 2.25. The number of anilines is 3. The molecule has 11 rings (SSSR count). The molecule has 10 aromatic carbocycles. The lowest BCUT2D eigenvalue weighted by molar-refractivity contribution is 0.669. The number of fused-ring (bicyclic) bond motifs is 4. The third-order valence-electron chi connectivity index (χ3n) is 11.7. The molecule has 0 aliphatic carbocycles. The number of hydrogen-bond acceptors (Lipinski definition) is 2. The highest BCUT2D eigenvalue weighted by molar-refractivity contribution is 6.14. The van der Waals surface area contributed by atoms with E-state index in [9.17, 15) is 0 Å². The fourth-order valence-electron chi connectivity index (χ4n) is 8.91. The van der Waals surface area contributed by atoms with Gasteiger partial charge in [0.15, 0.2) is 0 Å². The minimum atomic E-state index is 0.854. The molecule has 0 bridgehead atoms. The summed E-state index contributed by atoms with van der Waals surface area (Å²) >= 11 is 0. The number of rotatable bonds is 8. The summed E-state index contributed by atoms with van der Waals surface area (Å²) in [6, 6.07) is 84.9. The van der Waals surface area contributed by atoms with Gasteiger partial charge in [-0.3, -0.25) is 0 Å². The first-order valence-electron chi connectivity index (χ1n) is 20.5. The summed E-state index contributed by atoms with van der Waals surface area (Å²) in [5.41, 5.74) is 16.7. The fraction of sp³-hybridized carbons (Fsp3) is 0. The SMILES string of the molecule is c1ccc(-c2ccccc2-c2c(-c3ccccc3)cccc2N(c2ccc(-c3ccc(-c4cccc5ccccc45)cc3)cc2)c2cccc3oc4ccccc4c23)cc1. The van der Waals surface area contributed by atoms with E-state index in [1.165, 1.54) is 38.6 Å². The van der Waals surface area contributed by atoms with Crippen LogP contribution < -0.4 is 4.90 Å². The maximum Gasteiger partial charge on any atom is 0.137 e. The van der Waals surface area contributed by atoms with E-state index in [-0.39, 0.29) is 0 Å². The number of nitrogens with zero attached hydrogens (tertiary/aromatic N) is 1. The van der Waals surface area contributed by atoms with Crippen molar-refractivity contribution in [2.75, 3.05) is 4.90 Å². The van der Waals surface area contributed by atoms with Crippen molar-refractivity contribution < 1.29 is 4.42 Å². The summed E-state index contributed by atoms with van der Waals surface area (Å²) in [5.74, 6) is 0. The van der Waals surface area contributed by atoms with Crippen molar-refractivity contribution in [3.05, 3.63) is 237 Å². The molecule has 0 N–H and O–H groups in total. The highest BCUT2D eigenvalue weighted by atomic mass is 16.3. The van der Waals surface area contributed by atoms with Gasteiger partial charge in [-0.05, 0) is 97.2 Å². The van der Waals surface area contributed by atoms with Crippen LogP contribution in [0, 0.1) is 0 Å². The Morgan fingerprint density at radius 2 is 0.767 bits per heavy atom. The average Bonchev–Trinajstić information content (AvgIpc) is 3.72. The van der Waals surface area contributed by atoms with E-state index in [4.69, 9.17) is 4.42 Å². The summed E-state index contributed by atoms with van der Waals surface area (Å²) in [6.07, 6.45) is 0. The van der Waals surface area contributed by atoms with Crippen LogP contribution in [-0.2, 0) is 0 Å². The molecule has 0 fully saturated rings. The number of hydrogen-bond donors (Lipinski definition) is 0. The Morgan fingerprint density at radius 1 is 0.283 bits per heavy atom. The molecule has 0 saturated heterocycles. The number of furan rings is 1. The first-order valence-corrected chi connectivity index (χ1v) is 20.5. The molecule has 0 radical (unpaired) electrons. The molecule has 0 spiro atoms. The Labute approximate surface area is 349 Å². The molecule has 0 aliphatic heterocycles. The monoisotopic (exact) mass is 765 g/mol. The molecule has 60 heavy (non-hydrogen) atoms. The zero-order valence-corrected chi connectivity index (χ0v) is 32.9. The minimum absolute atomic E-state index is 0.854. The number of para-hydroxylation sites is 1. The van der Waals surface area contributed by atoms with E-state index >= 15 is 0 Å². The topological polar surface area (TPSA) is 16.4 Å². The van der Waals surface area contributed by atoms with Gasteiger partial charge in [-0.15, -0.1) is 0 Å². The van der Waals surface area contributed by atoms with Gasteiger partial charge in [-0.1, -0.05) is 200 Å². The molecule has 0 atom stereocenters. The molecule has 1 aromatic heterocycles. The Balaban J connectivity index is 1.11. The molecule has 0 amide bonds. The Bertz CT molecular complexity index is 3290. The van der Waals surface area contributed by atoms with Gasteiger partial charge >= 0.3 is 0 Å². The van der Waals surface area contributed by atoms with Crippen LogP contribution in [0.5, 0.6) is 0 Å². The van der Waals surface area contributed by atoms with Crippen LogP contribution in [0.4, 0.5) is 17.1 Å². The van der Waals surface area contributed by atoms with Crippen molar-refractivity contribution >= 4 is 49.8 Å². The molecule has 11 aromatic rings. The lowest BCUT2D eigenvalue weighted by atomic mass is 9.87. The van der Waals surface area contributed by atoms with Gasteiger partial charge in [0.2, 0.25) is 0 Å². The molecule has 0 saturated carbocycles. The lowest BCUT2D eigenvalue weighted by Crippen LogP contribution is -2.12. The van der Waals surface area contributed by atoms with Gasteiger partial charge in [0, 0.05) is 16.6 Å². The van der Waals surface area contributed by atoms with Crippen LogP contribution in [0.3, 0.4) is 0 Å². The quantitative estimate of drug-likeness (QED) is 0.153. The minimum Gasteiger partial charge on any atom is -0.456 e. The molecular weight excluding hydrogens is 727 g/mol. The van der Waals surface area contributed by atoms with Gasteiger partial charge < -0.3 is 9.32 Å². The van der Waals surface area contributed by atoms with Crippen molar-refractivity contribution in [2.45, 2.75) is 0 Å². The molecule has 0 unspecified atom stereocenters. The summed E-state index contributed by atoms with van der Waals surface area (Å²) in [4.78, 5) is 2.43. The van der Waals surface area contributed by atoms with E-state index in [2.05, 4.69) is 235 Å². The second-order valence-electron chi connectivity index (χ2n) is 15.2. The van der Waals surface area contributed by atoms with Crippen LogP contribution >= 0.6 is 0 Å². The van der Waals surface area contributed by atoms with Crippen LogP contribution in [0.1, 0.15) is 0 Å². The third-order valence-corrected chi connectivity index (χ3v) is 11.7. The van der Waals surface area contributed by atoms with Crippen molar-refractivity contribution in [1.29, 1.82) is 0 Å². The van der Waals surface area contributed by atoms with Crippen LogP contribution in [-0.4, -0.2) is 0 Å². The normalized spacial score (nSPS) is 11.3. The van der Waals surface area contributed by atoms with Gasteiger partial charge in [-0.25, -0.2) is 0 Å². The summed E-state index contributed by atoms with van der Waals surface area (Å²) in [5, 5.41) is 4.68. The second kappa shape index (κ2) is 15.1. The fourth-order valence-corrected chi connectivity index (χ4v) is 8.91. The first-order chi connectivity index (χ1) is 29.8. The highest BCUT2D eigenvalue weighted by Crippen LogP contribution is 2.50. The average molecular weight is 766 g/mol. The largest absolute Gasteiger partial charge is 0.456 e. The maximum atomic E-state index is 6.52. The van der Waals surface area contributed by atoms with Gasteiger partial charge in [0.1, 0.15) is 11.2 Å². The van der Waals surface area contributed by atoms with Crippen molar-refractivity contribution in [2.24, 2.45) is 0 Å². The predicted molar refractivity (Wildman–Crippen MR) is 253 cm³/mol. The van der Waals surface area contributed by atoms with Crippen molar-refractivity contribution in [1.82, 2.24) is 0 Å². The molecule has 2 heteroatoms. The van der Waals surface area contributed by atoms with Gasteiger partial charge in [-0.2, -0.15) is 0 Å². The van der Waals surface area contributed by atoms with Crippen LogP contribution in [0.2, 0.25) is 0 Å². The number of benzene rings is 10. The van der Waals surface area contributed by atoms with E-state index in [0.29, 0.717) is 0 Å². The maximum absolute atomic E-state index is 6.52. The molecule has 282 valence electrons. The zero-order chi connectivity index (χ0) is 39.8. The smallest absolute Gasteiger partial charge is 0.137 e. The lowest BCUT2D eigenvalue weighted by Gasteiger charge is -2.30. The van der Waals surface area contributed by atoms with E-state index < -0.39 is 0 Å². The Morgan fingerprint density at radius 3 is 1.53 bits per heavy atom. The summed E-state index contributed by atoms with van der Waals surface area (Å²) in [7, 11) is 0. The molecule has 2 nitrogen and oxygen atoms in total. The predicted octanol–water partition coefficient (Wildman–Crippen LogP) is 16.5.